The van der Waals surface area contributed by atoms with E-state index < -0.39 is 0 Å². The Morgan fingerprint density at radius 3 is 2.94 bits per heavy atom. The Kier molecular flexibility index (Phi) is 4.23. The maximum Gasteiger partial charge on any atom is 0.147 e. The fourth-order valence-corrected chi connectivity index (χ4v) is 2.32. The number of nitrogens with zero attached hydrogens (tertiary/aromatic N) is 1. The van der Waals surface area contributed by atoms with Crippen molar-refractivity contribution in [1.82, 2.24) is 4.98 Å². The summed E-state index contributed by atoms with van der Waals surface area (Å²) in [7, 11) is 0. The summed E-state index contributed by atoms with van der Waals surface area (Å²) >= 11 is 3.47. The number of nitrogens with two attached hydrogens (primary N) is 1. The van der Waals surface area contributed by atoms with Crippen LogP contribution in [-0.4, -0.2) is 24.7 Å². The monoisotopic (exact) mass is 299 g/mol. The minimum absolute atomic E-state index is 0.567. The first kappa shape index (κ1) is 12.6. The largest absolute Gasteiger partial charge is 0.382 e. The lowest BCUT2D eigenvalue weighted by molar-refractivity contribution is 0.0699. The van der Waals surface area contributed by atoms with Crippen LogP contribution in [0.25, 0.3) is 0 Å². The molecule has 94 valence electrons. The molecule has 2 heterocycles. The van der Waals surface area contributed by atoms with Crippen LogP contribution < -0.4 is 11.1 Å². The van der Waals surface area contributed by atoms with Crippen LogP contribution in [0.15, 0.2) is 10.7 Å². The van der Waals surface area contributed by atoms with E-state index in [1.165, 1.54) is 0 Å². The number of hydrogen-bond acceptors (Lipinski definition) is 4. The normalized spacial score (nSPS) is 17.1. The number of ether oxygens (including phenoxy) is 1. The molecule has 1 aromatic heterocycles. The lowest BCUT2D eigenvalue weighted by Crippen LogP contribution is -2.23. The summed E-state index contributed by atoms with van der Waals surface area (Å²) in [5.74, 6) is 1.24. The molecule has 0 atom stereocenters. The molecule has 0 spiro atoms. The Balaban J connectivity index is 2.00. The van der Waals surface area contributed by atoms with Crippen molar-refractivity contribution in [3.8, 4) is 0 Å². The molecule has 0 unspecified atom stereocenters. The molecule has 0 aromatic carbocycles. The summed E-state index contributed by atoms with van der Waals surface area (Å²) in [5, 5.41) is 3.42. The average molecular weight is 300 g/mol. The number of hydrogen-bond donors (Lipinski definition) is 2. The van der Waals surface area contributed by atoms with Gasteiger partial charge in [0.1, 0.15) is 5.82 Å². The van der Waals surface area contributed by atoms with E-state index in [2.05, 4.69) is 26.2 Å². The highest BCUT2D eigenvalue weighted by molar-refractivity contribution is 9.10. The Bertz CT molecular complexity index is 392. The summed E-state index contributed by atoms with van der Waals surface area (Å²) in [4.78, 5) is 4.15. The topological polar surface area (TPSA) is 60.2 Å². The summed E-state index contributed by atoms with van der Waals surface area (Å²) in [5.41, 5.74) is 7.95. The van der Waals surface area contributed by atoms with E-state index in [4.69, 9.17) is 10.5 Å². The molecule has 2 rings (SSSR count). The van der Waals surface area contributed by atoms with Gasteiger partial charge in [0.25, 0.3) is 0 Å². The van der Waals surface area contributed by atoms with Gasteiger partial charge in [0, 0.05) is 30.4 Å². The number of anilines is 2. The van der Waals surface area contributed by atoms with Gasteiger partial charge < -0.3 is 15.8 Å². The first-order chi connectivity index (χ1) is 8.18. The van der Waals surface area contributed by atoms with Gasteiger partial charge in [0.2, 0.25) is 0 Å². The molecule has 1 aromatic rings. The molecule has 0 amide bonds. The van der Waals surface area contributed by atoms with Crippen LogP contribution in [0.4, 0.5) is 11.5 Å². The quantitative estimate of drug-likeness (QED) is 0.900. The molecule has 17 heavy (non-hydrogen) atoms. The fourth-order valence-electron chi connectivity index (χ4n) is 2.02. The summed E-state index contributed by atoms with van der Waals surface area (Å²) < 4.78 is 6.33. The van der Waals surface area contributed by atoms with Crippen molar-refractivity contribution in [2.75, 3.05) is 30.8 Å². The van der Waals surface area contributed by atoms with Gasteiger partial charge in [-0.15, -0.1) is 0 Å². The van der Waals surface area contributed by atoms with Crippen molar-refractivity contribution in [3.05, 3.63) is 16.2 Å². The Labute approximate surface area is 110 Å². The Morgan fingerprint density at radius 2 is 2.24 bits per heavy atom. The van der Waals surface area contributed by atoms with Crippen molar-refractivity contribution in [2.24, 2.45) is 5.92 Å². The SMILES string of the molecule is Cc1c(Br)cnc(N)c1NCC1CCOCC1. The molecular formula is C12H18BrN3O. The fraction of sp³-hybridized carbons (Fsp3) is 0.583. The number of pyridine rings is 1. The van der Waals surface area contributed by atoms with Crippen LogP contribution in [0.2, 0.25) is 0 Å². The lowest BCUT2D eigenvalue weighted by Gasteiger charge is -2.23. The predicted molar refractivity (Wildman–Crippen MR) is 73.1 cm³/mol. The molecule has 0 aliphatic carbocycles. The highest BCUT2D eigenvalue weighted by Gasteiger charge is 2.15. The molecule has 0 saturated carbocycles. The molecule has 3 N–H and O–H groups in total. The molecular weight excluding hydrogens is 282 g/mol. The Hall–Kier alpha value is -0.810. The van der Waals surface area contributed by atoms with E-state index in [-0.39, 0.29) is 0 Å². The number of aromatic nitrogens is 1. The maximum absolute atomic E-state index is 5.89. The molecule has 1 fully saturated rings. The molecule has 1 saturated heterocycles. The molecule has 5 heteroatoms. The van der Waals surface area contributed by atoms with Crippen molar-refractivity contribution < 1.29 is 4.74 Å². The van der Waals surface area contributed by atoms with Crippen LogP contribution in [0.1, 0.15) is 18.4 Å². The van der Waals surface area contributed by atoms with Gasteiger partial charge in [0.05, 0.1) is 5.69 Å². The highest BCUT2D eigenvalue weighted by atomic mass is 79.9. The minimum Gasteiger partial charge on any atom is -0.382 e. The number of rotatable bonds is 3. The van der Waals surface area contributed by atoms with Crippen LogP contribution in [0.3, 0.4) is 0 Å². The third kappa shape index (κ3) is 3.10. The van der Waals surface area contributed by atoms with E-state index in [1.807, 2.05) is 6.92 Å². The first-order valence-electron chi connectivity index (χ1n) is 5.90. The van der Waals surface area contributed by atoms with Gasteiger partial charge in [0.15, 0.2) is 0 Å². The van der Waals surface area contributed by atoms with Crippen LogP contribution >= 0.6 is 15.9 Å². The third-order valence-corrected chi connectivity index (χ3v) is 4.01. The molecule has 1 aliphatic rings. The van der Waals surface area contributed by atoms with Crippen LogP contribution in [-0.2, 0) is 4.74 Å². The van der Waals surface area contributed by atoms with Gasteiger partial charge in [-0.1, -0.05) is 0 Å². The standard InChI is InChI=1S/C12H18BrN3O/c1-8-10(13)7-16-12(14)11(8)15-6-9-2-4-17-5-3-9/h7,9,15H,2-6H2,1H3,(H2,14,16). The Morgan fingerprint density at radius 1 is 1.53 bits per heavy atom. The lowest BCUT2D eigenvalue weighted by atomic mass is 10.0. The highest BCUT2D eigenvalue weighted by Crippen LogP contribution is 2.28. The molecule has 0 bridgehead atoms. The van der Waals surface area contributed by atoms with Gasteiger partial charge in [-0.3, -0.25) is 0 Å². The zero-order valence-corrected chi connectivity index (χ0v) is 11.6. The van der Waals surface area contributed by atoms with E-state index in [0.29, 0.717) is 11.7 Å². The van der Waals surface area contributed by atoms with Gasteiger partial charge in [-0.25, -0.2) is 4.98 Å². The number of halogens is 1. The van der Waals surface area contributed by atoms with Crippen molar-refractivity contribution in [3.63, 3.8) is 0 Å². The van der Waals surface area contributed by atoms with Crippen molar-refractivity contribution >= 4 is 27.4 Å². The second-order valence-corrected chi connectivity index (χ2v) is 5.28. The van der Waals surface area contributed by atoms with Crippen LogP contribution in [0.5, 0.6) is 0 Å². The average Bonchev–Trinajstić information content (AvgIpc) is 2.35. The second-order valence-electron chi connectivity index (χ2n) is 4.43. The first-order valence-corrected chi connectivity index (χ1v) is 6.70. The predicted octanol–water partition coefficient (Wildman–Crippen LogP) is 2.57. The summed E-state index contributed by atoms with van der Waals surface area (Å²) in [6.45, 7) is 4.72. The molecule has 0 radical (unpaired) electrons. The van der Waals surface area contributed by atoms with Gasteiger partial charge in [-0.05, 0) is 47.2 Å². The van der Waals surface area contributed by atoms with E-state index in [9.17, 15) is 0 Å². The second kappa shape index (κ2) is 5.69. The zero-order chi connectivity index (χ0) is 12.3. The molecule has 4 nitrogen and oxygen atoms in total. The number of nitrogen functional groups attached to an aromatic ring is 1. The summed E-state index contributed by atoms with van der Waals surface area (Å²) in [6.07, 6.45) is 3.98. The van der Waals surface area contributed by atoms with E-state index >= 15 is 0 Å². The summed E-state index contributed by atoms with van der Waals surface area (Å²) in [6, 6.07) is 0. The van der Waals surface area contributed by atoms with Crippen LogP contribution in [0, 0.1) is 12.8 Å². The van der Waals surface area contributed by atoms with Crippen molar-refractivity contribution in [1.29, 1.82) is 0 Å². The van der Waals surface area contributed by atoms with Gasteiger partial charge >= 0.3 is 0 Å². The zero-order valence-electron chi connectivity index (χ0n) is 10.0. The van der Waals surface area contributed by atoms with E-state index in [0.717, 1.165) is 48.3 Å². The molecule has 1 aliphatic heterocycles. The third-order valence-electron chi connectivity index (χ3n) is 3.21. The smallest absolute Gasteiger partial charge is 0.147 e. The van der Waals surface area contributed by atoms with E-state index in [1.54, 1.807) is 6.20 Å². The number of nitrogens with one attached hydrogen (secondary N) is 1. The minimum atomic E-state index is 0.567. The van der Waals surface area contributed by atoms with Gasteiger partial charge in [-0.2, -0.15) is 0 Å². The van der Waals surface area contributed by atoms with Crippen molar-refractivity contribution in [2.45, 2.75) is 19.8 Å². The maximum atomic E-state index is 5.89.